The van der Waals surface area contributed by atoms with Crippen LogP contribution in [-0.4, -0.2) is 19.2 Å². The van der Waals surface area contributed by atoms with E-state index in [1.54, 1.807) is 26.0 Å². The monoisotopic (exact) mass is 196 g/mol. The lowest BCUT2D eigenvalue weighted by atomic mass is 10.3. The molecular formula is C11H16O3. The quantitative estimate of drug-likeness (QED) is 0.215. The van der Waals surface area contributed by atoms with Crippen molar-refractivity contribution < 1.29 is 14.3 Å². The molecule has 3 nitrogen and oxygen atoms in total. The number of carbonyl (C=O) groups is 1. The van der Waals surface area contributed by atoms with E-state index < -0.39 is 5.97 Å². The summed E-state index contributed by atoms with van der Waals surface area (Å²) in [6.07, 6.45) is 3.31. The average molecular weight is 196 g/mol. The van der Waals surface area contributed by atoms with Crippen molar-refractivity contribution in [2.24, 2.45) is 0 Å². The number of rotatable bonds is 6. The highest BCUT2D eigenvalue weighted by atomic mass is 16.5. The first kappa shape index (κ1) is 12.7. The van der Waals surface area contributed by atoms with Gasteiger partial charge in [0.1, 0.15) is 5.76 Å². The number of allylic oxidation sites excluding steroid dienone is 2. The van der Waals surface area contributed by atoms with Gasteiger partial charge in [-0.15, -0.1) is 6.58 Å². The first-order chi connectivity index (χ1) is 6.61. The van der Waals surface area contributed by atoms with Gasteiger partial charge in [-0.1, -0.05) is 12.7 Å². The Morgan fingerprint density at radius 3 is 2.64 bits per heavy atom. The molecule has 0 spiro atoms. The first-order valence-electron chi connectivity index (χ1n) is 4.33. The molecule has 0 N–H and O–H groups in total. The third-order valence-electron chi connectivity index (χ3n) is 1.46. The van der Waals surface area contributed by atoms with Crippen LogP contribution in [0.1, 0.15) is 13.8 Å². The molecule has 78 valence electrons. The molecule has 0 rings (SSSR count). The Labute approximate surface area is 84.7 Å². The van der Waals surface area contributed by atoms with Crippen LogP contribution in [0.15, 0.2) is 36.6 Å². The molecule has 0 aliphatic carbocycles. The number of ether oxygens (including phenoxy) is 2. The van der Waals surface area contributed by atoms with Gasteiger partial charge in [0.2, 0.25) is 0 Å². The van der Waals surface area contributed by atoms with E-state index in [-0.39, 0.29) is 6.61 Å². The van der Waals surface area contributed by atoms with Crippen LogP contribution in [0.25, 0.3) is 0 Å². The van der Waals surface area contributed by atoms with Gasteiger partial charge in [0.05, 0.1) is 18.8 Å². The molecule has 0 saturated heterocycles. The van der Waals surface area contributed by atoms with E-state index >= 15 is 0 Å². The molecule has 0 aromatic heterocycles. The Bertz CT molecular complexity index is 251. The molecule has 0 amide bonds. The van der Waals surface area contributed by atoms with E-state index in [0.29, 0.717) is 17.9 Å². The Morgan fingerprint density at radius 2 is 2.14 bits per heavy atom. The van der Waals surface area contributed by atoms with Gasteiger partial charge in [0, 0.05) is 0 Å². The van der Waals surface area contributed by atoms with Gasteiger partial charge in [0.15, 0.2) is 0 Å². The summed E-state index contributed by atoms with van der Waals surface area (Å²) in [5.41, 5.74) is 0.299. The van der Waals surface area contributed by atoms with Crippen LogP contribution in [0.3, 0.4) is 0 Å². The zero-order valence-electron chi connectivity index (χ0n) is 8.71. The van der Waals surface area contributed by atoms with E-state index in [1.165, 1.54) is 0 Å². The highest BCUT2D eigenvalue weighted by Gasteiger charge is 2.08. The summed E-state index contributed by atoms with van der Waals surface area (Å²) in [5.74, 6) is 0.101. The summed E-state index contributed by atoms with van der Waals surface area (Å²) in [6, 6.07) is 0. The Hall–Kier alpha value is -1.35. The van der Waals surface area contributed by atoms with E-state index in [1.807, 2.05) is 0 Å². The molecule has 0 heterocycles. The smallest absolute Gasteiger partial charge is 0.340 e. The summed E-state index contributed by atoms with van der Waals surface area (Å²) >= 11 is 0. The number of hydrogen-bond acceptors (Lipinski definition) is 3. The number of esters is 1. The predicted octanol–water partition coefficient (Wildman–Crippen LogP) is 2.21. The summed E-state index contributed by atoms with van der Waals surface area (Å²) < 4.78 is 9.95. The Morgan fingerprint density at radius 1 is 1.50 bits per heavy atom. The van der Waals surface area contributed by atoms with Gasteiger partial charge >= 0.3 is 5.97 Å². The van der Waals surface area contributed by atoms with Crippen molar-refractivity contribution >= 4 is 5.97 Å². The number of hydrogen-bond donors (Lipinski definition) is 0. The van der Waals surface area contributed by atoms with Crippen molar-refractivity contribution in [2.75, 3.05) is 13.2 Å². The lowest BCUT2D eigenvalue weighted by molar-refractivity contribution is -0.135. The highest BCUT2D eigenvalue weighted by molar-refractivity contribution is 5.88. The Balaban J connectivity index is 3.88. The first-order valence-corrected chi connectivity index (χ1v) is 4.33. The lowest BCUT2D eigenvalue weighted by Crippen LogP contribution is -2.11. The molecular weight excluding hydrogens is 180 g/mol. The predicted molar refractivity (Wildman–Crippen MR) is 55.7 cm³/mol. The molecule has 0 bridgehead atoms. The van der Waals surface area contributed by atoms with E-state index in [2.05, 4.69) is 13.2 Å². The average Bonchev–Trinajstić information content (AvgIpc) is 2.17. The maximum atomic E-state index is 11.2. The normalized spacial score (nSPS) is 10.9. The zero-order chi connectivity index (χ0) is 11.0. The summed E-state index contributed by atoms with van der Waals surface area (Å²) in [6.45, 7) is 11.1. The fraction of sp³-hybridized carbons (Fsp3) is 0.364. The molecule has 0 aromatic carbocycles. The van der Waals surface area contributed by atoms with Crippen LogP contribution in [0.5, 0.6) is 0 Å². The van der Waals surface area contributed by atoms with Crippen molar-refractivity contribution in [3.8, 4) is 0 Å². The third kappa shape index (κ3) is 5.32. The summed E-state index contributed by atoms with van der Waals surface area (Å²) in [5, 5.41) is 0. The molecule has 14 heavy (non-hydrogen) atoms. The molecule has 0 aliphatic heterocycles. The maximum absolute atomic E-state index is 11.2. The number of carbonyl (C=O) groups excluding carboxylic acids is 1. The minimum absolute atomic E-state index is 0.168. The standard InChI is InChI=1S/C11H16O3/c1-5-7-13-8-9(3)11(12)14-10(4)6-2/h5-6H,1,3,7-8H2,2,4H3. The van der Waals surface area contributed by atoms with Gasteiger partial charge < -0.3 is 9.47 Å². The summed E-state index contributed by atoms with van der Waals surface area (Å²) in [7, 11) is 0. The van der Waals surface area contributed by atoms with Gasteiger partial charge in [0.25, 0.3) is 0 Å². The van der Waals surface area contributed by atoms with Crippen LogP contribution in [0, 0.1) is 0 Å². The van der Waals surface area contributed by atoms with Crippen molar-refractivity contribution in [3.63, 3.8) is 0 Å². The van der Waals surface area contributed by atoms with Crippen LogP contribution < -0.4 is 0 Å². The van der Waals surface area contributed by atoms with Crippen LogP contribution >= 0.6 is 0 Å². The molecule has 0 aliphatic rings. The van der Waals surface area contributed by atoms with Gasteiger partial charge in [-0.25, -0.2) is 4.79 Å². The lowest BCUT2D eigenvalue weighted by Gasteiger charge is -2.06. The summed E-state index contributed by atoms with van der Waals surface area (Å²) in [4.78, 5) is 11.2. The van der Waals surface area contributed by atoms with Gasteiger partial charge in [-0.3, -0.25) is 0 Å². The second kappa shape index (κ2) is 7.09. The SMILES string of the molecule is C=CCOCC(=C)C(=O)OC(C)=CC. The largest absolute Gasteiger partial charge is 0.428 e. The Kier molecular flexibility index (Phi) is 6.41. The molecule has 0 unspecified atom stereocenters. The van der Waals surface area contributed by atoms with Crippen LogP contribution in [-0.2, 0) is 14.3 Å². The molecule has 0 atom stereocenters. The highest BCUT2D eigenvalue weighted by Crippen LogP contribution is 2.02. The molecule has 0 aromatic rings. The fourth-order valence-electron chi connectivity index (χ4n) is 0.602. The molecule has 0 fully saturated rings. The third-order valence-corrected chi connectivity index (χ3v) is 1.46. The van der Waals surface area contributed by atoms with Crippen molar-refractivity contribution in [2.45, 2.75) is 13.8 Å². The zero-order valence-corrected chi connectivity index (χ0v) is 8.71. The molecule has 3 heteroatoms. The van der Waals surface area contributed by atoms with E-state index in [9.17, 15) is 4.79 Å². The van der Waals surface area contributed by atoms with Crippen molar-refractivity contribution in [3.05, 3.63) is 36.6 Å². The second-order valence-electron chi connectivity index (χ2n) is 2.70. The topological polar surface area (TPSA) is 35.5 Å². The van der Waals surface area contributed by atoms with Crippen LogP contribution in [0.4, 0.5) is 0 Å². The van der Waals surface area contributed by atoms with E-state index in [4.69, 9.17) is 9.47 Å². The van der Waals surface area contributed by atoms with Crippen LogP contribution in [0.2, 0.25) is 0 Å². The minimum Gasteiger partial charge on any atom is -0.428 e. The minimum atomic E-state index is -0.454. The molecule has 0 radical (unpaired) electrons. The maximum Gasteiger partial charge on any atom is 0.340 e. The van der Waals surface area contributed by atoms with Gasteiger partial charge in [-0.2, -0.15) is 0 Å². The fourth-order valence-corrected chi connectivity index (χ4v) is 0.602. The molecule has 0 saturated carbocycles. The van der Waals surface area contributed by atoms with Crippen molar-refractivity contribution in [1.29, 1.82) is 0 Å². The van der Waals surface area contributed by atoms with Gasteiger partial charge in [-0.05, 0) is 19.9 Å². The second-order valence-corrected chi connectivity index (χ2v) is 2.70. The van der Waals surface area contributed by atoms with E-state index in [0.717, 1.165) is 0 Å². The van der Waals surface area contributed by atoms with Crippen molar-refractivity contribution in [1.82, 2.24) is 0 Å².